The van der Waals surface area contributed by atoms with E-state index in [1.165, 1.54) is 4.68 Å². The Morgan fingerprint density at radius 1 is 1.17 bits per heavy atom. The van der Waals surface area contributed by atoms with Crippen LogP contribution in [-0.2, 0) is 11.3 Å². The number of hydrogen-bond acceptors (Lipinski definition) is 3. The average molecular weight is 341 g/mol. The van der Waals surface area contributed by atoms with E-state index in [4.69, 9.17) is 12.2 Å². The van der Waals surface area contributed by atoms with Gasteiger partial charge in [0.15, 0.2) is 0 Å². The van der Waals surface area contributed by atoms with Crippen LogP contribution in [0.4, 0.5) is 5.69 Å². The zero-order valence-electron chi connectivity index (χ0n) is 13.9. The van der Waals surface area contributed by atoms with E-state index in [-0.39, 0.29) is 12.5 Å². The van der Waals surface area contributed by atoms with Crippen LogP contribution in [0, 0.1) is 25.5 Å². The van der Waals surface area contributed by atoms with Gasteiger partial charge in [-0.3, -0.25) is 9.47 Å². The van der Waals surface area contributed by atoms with Crippen molar-refractivity contribution < 1.29 is 4.79 Å². The highest BCUT2D eigenvalue weighted by molar-refractivity contribution is 7.71. The molecule has 2 aromatic heterocycles. The van der Waals surface area contributed by atoms with Gasteiger partial charge in [0.2, 0.25) is 10.7 Å². The fraction of sp³-hybridized carbons (Fsp3) is 0.235. The molecular formula is C17H19N5OS. The molecule has 0 spiro atoms. The fourth-order valence-corrected chi connectivity index (χ4v) is 2.88. The second kappa shape index (κ2) is 6.45. The first-order valence-corrected chi connectivity index (χ1v) is 8.04. The van der Waals surface area contributed by atoms with Crippen LogP contribution in [0.5, 0.6) is 0 Å². The summed E-state index contributed by atoms with van der Waals surface area (Å²) in [6.45, 7) is 5.93. The molecule has 124 valence electrons. The van der Waals surface area contributed by atoms with Crippen LogP contribution in [0.3, 0.4) is 0 Å². The zero-order chi connectivity index (χ0) is 17.3. The lowest BCUT2D eigenvalue weighted by Crippen LogP contribution is -2.20. The predicted octanol–water partition coefficient (Wildman–Crippen LogP) is 3.09. The van der Waals surface area contributed by atoms with Gasteiger partial charge in [-0.1, -0.05) is 12.1 Å². The van der Waals surface area contributed by atoms with Crippen molar-refractivity contribution >= 4 is 23.8 Å². The van der Waals surface area contributed by atoms with Crippen LogP contribution in [0.2, 0.25) is 0 Å². The van der Waals surface area contributed by atoms with E-state index >= 15 is 0 Å². The van der Waals surface area contributed by atoms with Gasteiger partial charge in [-0.2, -0.15) is 5.10 Å². The third-order valence-electron chi connectivity index (χ3n) is 3.97. The van der Waals surface area contributed by atoms with Crippen LogP contribution < -0.4 is 5.32 Å². The molecule has 0 aliphatic heterocycles. The largest absolute Gasteiger partial charge is 0.324 e. The summed E-state index contributed by atoms with van der Waals surface area (Å²) in [4.78, 5) is 12.4. The molecular weight excluding hydrogens is 322 g/mol. The molecule has 0 bridgehead atoms. The molecule has 3 rings (SSSR count). The molecule has 1 aromatic carbocycles. The van der Waals surface area contributed by atoms with E-state index < -0.39 is 0 Å². The molecule has 7 heteroatoms. The average Bonchev–Trinajstić information content (AvgIpc) is 3.13. The lowest BCUT2D eigenvalue weighted by atomic mass is 10.1. The molecule has 0 fully saturated rings. The summed E-state index contributed by atoms with van der Waals surface area (Å²) in [5.74, 6) is 0.563. The van der Waals surface area contributed by atoms with Gasteiger partial charge in [0, 0.05) is 18.1 Å². The van der Waals surface area contributed by atoms with E-state index in [0.29, 0.717) is 4.77 Å². The summed E-state index contributed by atoms with van der Waals surface area (Å²) in [5.41, 5.74) is 3.01. The van der Waals surface area contributed by atoms with Crippen LogP contribution in [0.1, 0.15) is 17.0 Å². The Morgan fingerprint density at radius 2 is 1.88 bits per heavy atom. The first-order valence-electron chi connectivity index (χ1n) is 7.63. The molecule has 1 amide bonds. The van der Waals surface area contributed by atoms with Gasteiger partial charge in [0.1, 0.15) is 12.4 Å². The van der Waals surface area contributed by atoms with Crippen molar-refractivity contribution in [1.29, 1.82) is 0 Å². The minimum atomic E-state index is -0.156. The Kier molecular flexibility index (Phi) is 4.35. The molecule has 0 radical (unpaired) electrons. The second-order valence-corrected chi connectivity index (χ2v) is 6.02. The minimum absolute atomic E-state index is 0.0708. The topological polar surface area (TPSA) is 56.8 Å². The van der Waals surface area contributed by atoms with Crippen molar-refractivity contribution in [2.24, 2.45) is 0 Å². The Morgan fingerprint density at radius 3 is 2.58 bits per heavy atom. The van der Waals surface area contributed by atoms with Crippen LogP contribution in [0.15, 0.2) is 42.7 Å². The van der Waals surface area contributed by atoms with Gasteiger partial charge in [0.05, 0.1) is 0 Å². The molecule has 0 saturated carbocycles. The predicted molar refractivity (Wildman–Crippen MR) is 95.6 cm³/mol. The lowest BCUT2D eigenvalue weighted by molar-refractivity contribution is -0.116. The number of benzene rings is 1. The number of anilines is 1. The highest BCUT2D eigenvalue weighted by Crippen LogP contribution is 2.18. The Hall–Kier alpha value is -2.67. The van der Waals surface area contributed by atoms with Crippen molar-refractivity contribution in [3.8, 4) is 0 Å². The summed E-state index contributed by atoms with van der Waals surface area (Å²) < 4.78 is 5.62. The van der Waals surface area contributed by atoms with E-state index in [1.54, 1.807) is 4.68 Å². The molecule has 24 heavy (non-hydrogen) atoms. The van der Waals surface area contributed by atoms with E-state index in [0.717, 1.165) is 22.6 Å². The van der Waals surface area contributed by atoms with Gasteiger partial charge < -0.3 is 5.32 Å². The quantitative estimate of drug-likeness (QED) is 0.742. The SMILES string of the molecule is Cc1cccc(NC(=O)Cn2nc(C)n(-n3cccc3)c2=S)c1C. The lowest BCUT2D eigenvalue weighted by Gasteiger charge is -2.10. The molecule has 3 aromatic rings. The number of nitrogens with one attached hydrogen (secondary N) is 1. The Balaban J connectivity index is 1.82. The number of aryl methyl sites for hydroxylation is 2. The molecule has 0 unspecified atom stereocenters. The molecule has 1 N–H and O–H groups in total. The number of carbonyl (C=O) groups is 1. The van der Waals surface area contributed by atoms with Gasteiger partial charge in [-0.05, 0) is 62.3 Å². The van der Waals surface area contributed by atoms with Crippen LogP contribution in [-0.4, -0.2) is 25.0 Å². The van der Waals surface area contributed by atoms with Gasteiger partial charge in [-0.15, -0.1) is 0 Å². The Bertz CT molecular complexity index is 937. The molecule has 0 atom stereocenters. The van der Waals surface area contributed by atoms with E-state index in [2.05, 4.69) is 10.4 Å². The fourth-order valence-electron chi connectivity index (χ4n) is 2.55. The molecule has 2 heterocycles. The maximum atomic E-state index is 12.4. The maximum absolute atomic E-state index is 12.4. The summed E-state index contributed by atoms with van der Waals surface area (Å²) in [6.07, 6.45) is 3.76. The van der Waals surface area contributed by atoms with Crippen molar-refractivity contribution in [3.63, 3.8) is 0 Å². The van der Waals surface area contributed by atoms with Crippen LogP contribution >= 0.6 is 12.2 Å². The smallest absolute Gasteiger partial charge is 0.246 e. The highest BCUT2D eigenvalue weighted by atomic mass is 32.1. The number of hydrogen-bond donors (Lipinski definition) is 1. The number of carbonyl (C=O) groups excluding carboxylic acids is 1. The normalized spacial score (nSPS) is 10.8. The van der Waals surface area contributed by atoms with Crippen molar-refractivity contribution in [3.05, 3.63) is 64.4 Å². The third-order valence-corrected chi connectivity index (χ3v) is 4.35. The summed E-state index contributed by atoms with van der Waals surface area (Å²) in [7, 11) is 0. The Labute approximate surface area is 145 Å². The molecule has 0 saturated heterocycles. The summed E-state index contributed by atoms with van der Waals surface area (Å²) >= 11 is 5.45. The molecule has 0 aliphatic carbocycles. The zero-order valence-corrected chi connectivity index (χ0v) is 14.7. The second-order valence-electron chi connectivity index (χ2n) is 5.66. The van der Waals surface area contributed by atoms with Crippen LogP contribution in [0.25, 0.3) is 0 Å². The van der Waals surface area contributed by atoms with Gasteiger partial charge in [0.25, 0.3) is 0 Å². The standard InChI is InChI=1S/C17H19N5OS/c1-12-7-6-8-15(13(12)2)18-16(23)11-21-17(24)22(14(3)19-21)20-9-4-5-10-20/h4-10H,11H2,1-3H3,(H,18,23). The number of nitrogens with zero attached hydrogens (tertiary/aromatic N) is 4. The number of rotatable bonds is 4. The first kappa shape index (κ1) is 16.2. The highest BCUT2D eigenvalue weighted by Gasteiger charge is 2.12. The third kappa shape index (κ3) is 3.03. The first-order chi connectivity index (χ1) is 11.5. The van der Waals surface area contributed by atoms with Gasteiger partial charge in [-0.25, -0.2) is 9.36 Å². The number of aromatic nitrogens is 4. The summed E-state index contributed by atoms with van der Waals surface area (Å²) in [6, 6.07) is 9.65. The van der Waals surface area contributed by atoms with Crippen molar-refractivity contribution in [2.45, 2.75) is 27.3 Å². The summed E-state index contributed by atoms with van der Waals surface area (Å²) in [5, 5.41) is 7.31. The number of amides is 1. The molecule has 0 aliphatic rings. The monoisotopic (exact) mass is 341 g/mol. The van der Waals surface area contributed by atoms with Crippen molar-refractivity contribution in [2.75, 3.05) is 5.32 Å². The minimum Gasteiger partial charge on any atom is -0.324 e. The van der Waals surface area contributed by atoms with E-state index in [1.807, 2.05) is 68.2 Å². The van der Waals surface area contributed by atoms with Gasteiger partial charge >= 0.3 is 0 Å². The van der Waals surface area contributed by atoms with Crippen molar-refractivity contribution in [1.82, 2.24) is 19.1 Å². The van der Waals surface area contributed by atoms with E-state index in [9.17, 15) is 4.79 Å². The maximum Gasteiger partial charge on any atom is 0.246 e. The molecule has 6 nitrogen and oxygen atoms in total.